The van der Waals surface area contributed by atoms with Gasteiger partial charge in [0.2, 0.25) is 0 Å². The number of nitrogens with zero attached hydrogens (tertiary/aromatic N) is 1. The number of hydrogen-bond acceptors (Lipinski definition) is 3. The summed E-state index contributed by atoms with van der Waals surface area (Å²) in [5.41, 5.74) is 0. The number of likely N-dealkylation sites (tertiary alicyclic amines) is 1. The Labute approximate surface area is 104 Å². The second kappa shape index (κ2) is 4.61. The van der Waals surface area contributed by atoms with Crippen molar-refractivity contribution in [3.63, 3.8) is 0 Å². The van der Waals surface area contributed by atoms with Crippen molar-refractivity contribution in [2.24, 2.45) is 17.8 Å². The van der Waals surface area contributed by atoms with Crippen LogP contribution in [0.5, 0.6) is 0 Å². The van der Waals surface area contributed by atoms with Crippen molar-refractivity contribution in [3.8, 4) is 0 Å². The summed E-state index contributed by atoms with van der Waals surface area (Å²) in [5.74, 6) is 1.51. The Bertz CT molecular complexity index is 291. The molecule has 0 aromatic heterocycles. The molecule has 4 nitrogen and oxygen atoms in total. The highest BCUT2D eigenvalue weighted by Gasteiger charge is 2.56. The summed E-state index contributed by atoms with van der Waals surface area (Å²) in [6.45, 7) is 9.22. The molecule has 5 heteroatoms. The van der Waals surface area contributed by atoms with E-state index in [4.69, 9.17) is 9.84 Å². The normalized spacial score (nSPS) is 31.3. The van der Waals surface area contributed by atoms with Crippen LogP contribution in [-0.4, -0.2) is 50.5 Å². The van der Waals surface area contributed by atoms with Crippen LogP contribution in [0.4, 0.5) is 4.79 Å². The molecule has 1 aliphatic heterocycles. The highest BCUT2D eigenvalue weighted by atomic mass is 28.3. The van der Waals surface area contributed by atoms with Crippen molar-refractivity contribution in [3.05, 3.63) is 0 Å². The van der Waals surface area contributed by atoms with E-state index in [1.54, 1.807) is 4.90 Å². The molecule has 1 aliphatic carbocycles. The quantitative estimate of drug-likeness (QED) is 0.779. The number of carbonyl (C=O) groups is 1. The number of ether oxygens (including phenoxy) is 1. The molecule has 0 bridgehead atoms. The Morgan fingerprint density at radius 1 is 1.35 bits per heavy atom. The number of piperidine rings is 1. The van der Waals surface area contributed by atoms with Gasteiger partial charge >= 0.3 is 6.09 Å². The van der Waals surface area contributed by atoms with Gasteiger partial charge in [-0.3, -0.25) is 0 Å². The number of rotatable bonds is 4. The number of hydrogen-bond donors (Lipinski definition) is 1. The van der Waals surface area contributed by atoms with E-state index in [0.29, 0.717) is 24.4 Å². The van der Waals surface area contributed by atoms with Crippen molar-refractivity contribution in [1.29, 1.82) is 0 Å². The number of fused-ring (bicyclic) bond motifs is 1. The third-order valence-electron chi connectivity index (χ3n) is 3.92. The van der Waals surface area contributed by atoms with Crippen LogP contribution < -0.4 is 0 Å². The average molecular weight is 257 g/mol. The summed E-state index contributed by atoms with van der Waals surface area (Å²) in [6.07, 6.45) is -0.160. The summed E-state index contributed by atoms with van der Waals surface area (Å²) in [5, 5.41) is 9.04. The van der Waals surface area contributed by atoms with Crippen molar-refractivity contribution in [1.82, 2.24) is 4.90 Å². The summed E-state index contributed by atoms with van der Waals surface area (Å²) in [4.78, 5) is 13.5. The van der Waals surface area contributed by atoms with E-state index in [1.807, 2.05) is 0 Å². The van der Waals surface area contributed by atoms with Crippen molar-refractivity contribution >= 4 is 14.2 Å². The molecular weight excluding hydrogens is 234 g/mol. The van der Waals surface area contributed by atoms with Crippen molar-refractivity contribution in [2.45, 2.75) is 25.7 Å². The molecular formula is C12H23NO3Si. The van der Waals surface area contributed by atoms with Gasteiger partial charge in [0.25, 0.3) is 0 Å². The fourth-order valence-corrected chi connectivity index (χ4v) is 3.32. The second-order valence-electron chi connectivity index (χ2n) is 6.50. The molecule has 2 fully saturated rings. The first kappa shape index (κ1) is 12.9. The maximum atomic E-state index is 11.7. The highest BCUT2D eigenvalue weighted by Crippen LogP contribution is 2.51. The van der Waals surface area contributed by atoms with E-state index in [2.05, 4.69) is 19.6 Å². The predicted molar refractivity (Wildman–Crippen MR) is 68.6 cm³/mol. The Balaban J connectivity index is 1.66. The molecule has 17 heavy (non-hydrogen) atoms. The molecule has 2 aliphatic rings. The lowest BCUT2D eigenvalue weighted by Crippen LogP contribution is -2.33. The van der Waals surface area contributed by atoms with Crippen LogP contribution in [0.3, 0.4) is 0 Å². The Morgan fingerprint density at radius 2 is 1.94 bits per heavy atom. The highest BCUT2D eigenvalue weighted by molar-refractivity contribution is 6.76. The van der Waals surface area contributed by atoms with Gasteiger partial charge in [0.1, 0.15) is 0 Å². The molecule has 2 rings (SSSR count). The molecule has 1 N–H and O–H groups in total. The van der Waals surface area contributed by atoms with Gasteiger partial charge in [-0.05, 0) is 23.8 Å². The second-order valence-corrected chi connectivity index (χ2v) is 12.1. The van der Waals surface area contributed by atoms with Crippen LogP contribution in [0, 0.1) is 17.8 Å². The standard InChI is InChI=1S/C12H23NO3Si/c1-17(2,3)5-4-16-12(15)13-6-9-10(7-13)11(9)8-14/h9-11,14H,4-8H2,1-3H3/t9-,10+,11?. The van der Waals surface area contributed by atoms with E-state index < -0.39 is 8.07 Å². The van der Waals surface area contributed by atoms with E-state index >= 15 is 0 Å². The molecule has 1 amide bonds. The van der Waals surface area contributed by atoms with Gasteiger partial charge in [-0.2, -0.15) is 0 Å². The van der Waals surface area contributed by atoms with Crippen LogP contribution in [0.1, 0.15) is 0 Å². The molecule has 0 radical (unpaired) electrons. The fourth-order valence-electron chi connectivity index (χ4n) is 2.61. The van der Waals surface area contributed by atoms with Crippen LogP contribution in [0.25, 0.3) is 0 Å². The average Bonchev–Trinajstić information content (AvgIpc) is 2.68. The zero-order valence-corrected chi connectivity index (χ0v) is 12.0. The minimum absolute atomic E-state index is 0.160. The van der Waals surface area contributed by atoms with Gasteiger partial charge in [0.15, 0.2) is 0 Å². The zero-order valence-electron chi connectivity index (χ0n) is 11.0. The fraction of sp³-hybridized carbons (Fsp3) is 0.917. The smallest absolute Gasteiger partial charge is 0.409 e. The Kier molecular flexibility index (Phi) is 3.50. The third kappa shape index (κ3) is 3.01. The SMILES string of the molecule is C[Si](C)(C)CCOC(=O)N1C[C@@H]2C(CO)[C@@H]2C1. The summed E-state index contributed by atoms with van der Waals surface area (Å²) in [6, 6.07) is 1.03. The summed E-state index contributed by atoms with van der Waals surface area (Å²) in [7, 11) is -1.11. The largest absolute Gasteiger partial charge is 0.450 e. The number of aliphatic hydroxyl groups excluding tert-OH is 1. The lowest BCUT2D eigenvalue weighted by molar-refractivity contribution is 0.107. The molecule has 3 atom stereocenters. The first-order valence-electron chi connectivity index (χ1n) is 6.45. The molecule has 1 heterocycles. The van der Waals surface area contributed by atoms with Gasteiger partial charge in [-0.15, -0.1) is 0 Å². The van der Waals surface area contributed by atoms with Crippen LogP contribution >= 0.6 is 0 Å². The molecule has 98 valence electrons. The number of carbonyl (C=O) groups excluding carboxylic acids is 1. The first-order valence-corrected chi connectivity index (χ1v) is 10.2. The van der Waals surface area contributed by atoms with Crippen LogP contribution in [0.15, 0.2) is 0 Å². The van der Waals surface area contributed by atoms with Gasteiger partial charge in [0.05, 0.1) is 6.61 Å². The number of amides is 1. The topological polar surface area (TPSA) is 49.8 Å². The molecule has 1 saturated heterocycles. The Hall–Kier alpha value is -0.553. The molecule has 1 saturated carbocycles. The van der Waals surface area contributed by atoms with E-state index in [-0.39, 0.29) is 12.7 Å². The van der Waals surface area contributed by atoms with Gasteiger partial charge < -0.3 is 14.7 Å². The van der Waals surface area contributed by atoms with Gasteiger partial charge in [0, 0.05) is 27.8 Å². The molecule has 1 unspecified atom stereocenters. The molecule has 0 aromatic rings. The van der Waals surface area contributed by atoms with E-state index in [0.717, 1.165) is 19.1 Å². The van der Waals surface area contributed by atoms with Crippen LogP contribution in [-0.2, 0) is 4.74 Å². The predicted octanol–water partition coefficient (Wildman–Crippen LogP) is 1.63. The zero-order chi connectivity index (χ0) is 12.6. The van der Waals surface area contributed by atoms with Gasteiger partial charge in [-0.1, -0.05) is 19.6 Å². The maximum Gasteiger partial charge on any atom is 0.409 e. The first-order chi connectivity index (χ1) is 7.92. The summed E-state index contributed by atoms with van der Waals surface area (Å²) >= 11 is 0. The number of aliphatic hydroxyl groups is 1. The Morgan fingerprint density at radius 3 is 2.41 bits per heavy atom. The molecule has 0 spiro atoms. The summed E-state index contributed by atoms with van der Waals surface area (Å²) < 4.78 is 5.30. The molecule has 0 aromatic carbocycles. The minimum Gasteiger partial charge on any atom is -0.450 e. The van der Waals surface area contributed by atoms with Crippen LogP contribution in [0.2, 0.25) is 25.7 Å². The van der Waals surface area contributed by atoms with E-state index in [9.17, 15) is 4.79 Å². The van der Waals surface area contributed by atoms with E-state index in [1.165, 1.54) is 0 Å². The van der Waals surface area contributed by atoms with Crippen molar-refractivity contribution in [2.75, 3.05) is 26.3 Å². The third-order valence-corrected chi connectivity index (χ3v) is 5.62. The van der Waals surface area contributed by atoms with Crippen molar-refractivity contribution < 1.29 is 14.6 Å². The van der Waals surface area contributed by atoms with Gasteiger partial charge in [-0.25, -0.2) is 4.79 Å². The lowest BCUT2D eigenvalue weighted by Gasteiger charge is -2.21. The maximum absolute atomic E-state index is 11.7. The monoisotopic (exact) mass is 257 g/mol. The minimum atomic E-state index is -1.11. The lowest BCUT2D eigenvalue weighted by atomic mass is 10.3.